The quantitative estimate of drug-likeness (QED) is 0.657. The molecule has 2 aromatic carbocycles. The normalized spacial score (nSPS) is 10.6. The number of nitro groups is 1. The van der Waals surface area contributed by atoms with Crippen molar-refractivity contribution < 1.29 is 9.72 Å². The fraction of sp³-hybridized carbons (Fsp3) is 0.235. The highest BCUT2D eigenvalue weighted by Gasteiger charge is 2.15. The van der Waals surface area contributed by atoms with Crippen molar-refractivity contribution in [2.75, 3.05) is 18.9 Å². The Morgan fingerprint density at radius 1 is 1.17 bits per heavy atom. The summed E-state index contributed by atoms with van der Waals surface area (Å²) in [6.07, 6.45) is 0. The van der Waals surface area contributed by atoms with E-state index in [9.17, 15) is 14.9 Å². The lowest BCUT2D eigenvalue weighted by atomic mass is 10.1. The van der Waals surface area contributed by atoms with Crippen LogP contribution in [0.2, 0.25) is 0 Å². The second-order valence-corrected chi connectivity index (χ2v) is 5.42. The molecule has 120 valence electrons. The summed E-state index contributed by atoms with van der Waals surface area (Å²) in [6, 6.07) is 14.1. The minimum atomic E-state index is -0.507. The van der Waals surface area contributed by atoms with E-state index in [4.69, 9.17) is 0 Å². The van der Waals surface area contributed by atoms with Gasteiger partial charge in [0.05, 0.1) is 11.5 Å². The molecule has 0 bridgehead atoms. The Bertz CT molecular complexity index is 716. The average molecular weight is 313 g/mol. The number of para-hydroxylation sites is 2. The highest BCUT2D eigenvalue weighted by Crippen LogP contribution is 2.23. The van der Waals surface area contributed by atoms with Crippen molar-refractivity contribution in [2.24, 2.45) is 0 Å². The fourth-order valence-corrected chi connectivity index (χ4v) is 2.31. The Morgan fingerprint density at radius 2 is 1.83 bits per heavy atom. The number of hydrogen-bond donors (Lipinski definition) is 1. The Labute approximate surface area is 134 Å². The van der Waals surface area contributed by atoms with Gasteiger partial charge in [-0.15, -0.1) is 0 Å². The van der Waals surface area contributed by atoms with Gasteiger partial charge in [0.2, 0.25) is 5.91 Å². The number of likely N-dealkylation sites (N-methyl/N-ethyl adjacent to an activating group) is 1. The molecular formula is C17H19N3O3. The van der Waals surface area contributed by atoms with Crippen molar-refractivity contribution in [3.05, 3.63) is 69.8 Å². The number of amides is 1. The summed E-state index contributed by atoms with van der Waals surface area (Å²) in [4.78, 5) is 24.4. The predicted molar refractivity (Wildman–Crippen MR) is 89.2 cm³/mol. The zero-order valence-corrected chi connectivity index (χ0v) is 13.2. The zero-order chi connectivity index (χ0) is 16.8. The van der Waals surface area contributed by atoms with Gasteiger partial charge in [-0.1, -0.05) is 36.4 Å². The summed E-state index contributed by atoms with van der Waals surface area (Å²) in [7, 11) is 1.84. The second kappa shape index (κ2) is 7.51. The molecule has 6 nitrogen and oxygen atoms in total. The molecule has 0 radical (unpaired) electrons. The molecule has 1 amide bonds. The highest BCUT2D eigenvalue weighted by atomic mass is 16.6. The van der Waals surface area contributed by atoms with Crippen LogP contribution in [0.15, 0.2) is 48.5 Å². The first kappa shape index (κ1) is 16.6. The monoisotopic (exact) mass is 313 g/mol. The molecule has 0 aliphatic carbocycles. The maximum atomic E-state index is 12.1. The lowest BCUT2D eigenvalue weighted by Crippen LogP contribution is -2.30. The topological polar surface area (TPSA) is 75.5 Å². The number of nitrogens with one attached hydrogen (secondary N) is 1. The summed E-state index contributed by atoms with van der Waals surface area (Å²) in [5, 5.41) is 13.5. The molecule has 1 N–H and O–H groups in total. The third-order valence-electron chi connectivity index (χ3n) is 3.49. The lowest BCUT2D eigenvalue weighted by molar-refractivity contribution is -0.383. The first-order valence-corrected chi connectivity index (χ1v) is 7.23. The molecular weight excluding hydrogens is 294 g/mol. The fourth-order valence-electron chi connectivity index (χ4n) is 2.31. The van der Waals surface area contributed by atoms with Crippen LogP contribution in [-0.2, 0) is 11.3 Å². The molecule has 2 aromatic rings. The van der Waals surface area contributed by atoms with Crippen LogP contribution in [0, 0.1) is 17.0 Å². The molecule has 0 fully saturated rings. The van der Waals surface area contributed by atoms with Gasteiger partial charge in [0, 0.05) is 12.6 Å². The number of aryl methyl sites for hydroxylation is 1. The number of benzene rings is 2. The second-order valence-electron chi connectivity index (χ2n) is 5.42. The first-order valence-electron chi connectivity index (χ1n) is 7.23. The molecule has 0 aliphatic rings. The molecule has 23 heavy (non-hydrogen) atoms. The predicted octanol–water partition coefficient (Wildman–Crippen LogP) is 2.97. The maximum absolute atomic E-state index is 12.1. The molecule has 2 rings (SSSR count). The van der Waals surface area contributed by atoms with E-state index >= 15 is 0 Å². The molecule has 0 aromatic heterocycles. The van der Waals surface area contributed by atoms with Gasteiger partial charge in [0.1, 0.15) is 5.69 Å². The number of carbonyl (C=O) groups excluding carboxylic acids is 1. The molecule has 0 atom stereocenters. The maximum Gasteiger partial charge on any atom is 0.292 e. The van der Waals surface area contributed by atoms with Crippen molar-refractivity contribution in [3.63, 3.8) is 0 Å². The van der Waals surface area contributed by atoms with E-state index in [0.717, 1.165) is 5.56 Å². The third kappa shape index (κ3) is 4.62. The Morgan fingerprint density at radius 3 is 2.52 bits per heavy atom. The molecule has 0 heterocycles. The van der Waals surface area contributed by atoms with Crippen LogP contribution in [0.3, 0.4) is 0 Å². The van der Waals surface area contributed by atoms with Crippen LogP contribution in [0.4, 0.5) is 11.4 Å². The number of nitro benzene ring substituents is 1. The van der Waals surface area contributed by atoms with Crippen LogP contribution in [0.1, 0.15) is 11.1 Å². The average Bonchev–Trinajstić information content (AvgIpc) is 2.49. The highest BCUT2D eigenvalue weighted by molar-refractivity contribution is 5.94. The third-order valence-corrected chi connectivity index (χ3v) is 3.49. The number of carbonyl (C=O) groups is 1. The van der Waals surface area contributed by atoms with Gasteiger partial charge >= 0.3 is 0 Å². The number of rotatable bonds is 6. The number of anilines is 1. The number of nitrogens with zero attached hydrogens (tertiary/aromatic N) is 2. The SMILES string of the molecule is Cc1ccccc1CN(C)CC(=O)Nc1ccccc1[N+](=O)[O-]. The van der Waals surface area contributed by atoms with E-state index in [1.54, 1.807) is 12.1 Å². The molecule has 0 spiro atoms. The smallest absolute Gasteiger partial charge is 0.292 e. The van der Waals surface area contributed by atoms with Gasteiger partial charge in [-0.25, -0.2) is 0 Å². The van der Waals surface area contributed by atoms with Crippen LogP contribution in [0.5, 0.6) is 0 Å². The van der Waals surface area contributed by atoms with Crippen LogP contribution >= 0.6 is 0 Å². The van der Waals surface area contributed by atoms with E-state index in [1.807, 2.05) is 43.1 Å². The van der Waals surface area contributed by atoms with Gasteiger partial charge in [-0.05, 0) is 31.2 Å². The van der Waals surface area contributed by atoms with Crippen LogP contribution in [0.25, 0.3) is 0 Å². The first-order chi connectivity index (χ1) is 11.0. The Balaban J connectivity index is 1.97. The van der Waals surface area contributed by atoms with Crippen LogP contribution in [-0.4, -0.2) is 29.3 Å². The van der Waals surface area contributed by atoms with E-state index in [-0.39, 0.29) is 23.8 Å². The van der Waals surface area contributed by atoms with Gasteiger partial charge in [-0.3, -0.25) is 19.8 Å². The summed E-state index contributed by atoms with van der Waals surface area (Å²) >= 11 is 0. The summed E-state index contributed by atoms with van der Waals surface area (Å²) in [5.74, 6) is -0.282. The van der Waals surface area contributed by atoms with Gasteiger partial charge in [0.25, 0.3) is 5.69 Å². The molecule has 6 heteroatoms. The van der Waals surface area contributed by atoms with E-state index < -0.39 is 4.92 Å². The Hall–Kier alpha value is -2.73. The van der Waals surface area contributed by atoms with Gasteiger partial charge in [-0.2, -0.15) is 0 Å². The molecule has 0 aliphatic heterocycles. The van der Waals surface area contributed by atoms with Crippen LogP contribution < -0.4 is 5.32 Å². The van der Waals surface area contributed by atoms with Gasteiger partial charge in [0.15, 0.2) is 0 Å². The largest absolute Gasteiger partial charge is 0.319 e. The van der Waals surface area contributed by atoms with Crippen molar-refractivity contribution in [3.8, 4) is 0 Å². The summed E-state index contributed by atoms with van der Waals surface area (Å²) < 4.78 is 0. The van der Waals surface area contributed by atoms with E-state index in [1.165, 1.54) is 17.7 Å². The van der Waals surface area contributed by atoms with E-state index in [2.05, 4.69) is 5.32 Å². The minimum absolute atomic E-state index is 0.109. The Kier molecular flexibility index (Phi) is 5.43. The summed E-state index contributed by atoms with van der Waals surface area (Å²) in [5.41, 5.74) is 2.42. The lowest BCUT2D eigenvalue weighted by Gasteiger charge is -2.17. The number of hydrogen-bond acceptors (Lipinski definition) is 4. The van der Waals surface area contributed by atoms with Crippen molar-refractivity contribution in [2.45, 2.75) is 13.5 Å². The standard InChI is InChI=1S/C17H19N3O3/c1-13-7-3-4-8-14(13)11-19(2)12-17(21)18-15-9-5-6-10-16(15)20(22)23/h3-10H,11-12H2,1-2H3,(H,18,21). The molecule has 0 unspecified atom stereocenters. The van der Waals surface area contributed by atoms with Crippen molar-refractivity contribution in [1.82, 2.24) is 4.90 Å². The van der Waals surface area contributed by atoms with Gasteiger partial charge < -0.3 is 5.32 Å². The molecule has 0 saturated heterocycles. The van der Waals surface area contributed by atoms with E-state index in [0.29, 0.717) is 6.54 Å². The zero-order valence-electron chi connectivity index (χ0n) is 13.2. The van der Waals surface area contributed by atoms with Crippen molar-refractivity contribution in [1.29, 1.82) is 0 Å². The molecule has 0 saturated carbocycles. The summed E-state index contributed by atoms with van der Waals surface area (Å²) in [6.45, 7) is 2.81. The van der Waals surface area contributed by atoms with Crippen molar-refractivity contribution >= 4 is 17.3 Å². The minimum Gasteiger partial charge on any atom is -0.319 e.